The minimum atomic E-state index is -0.110. The zero-order valence-corrected chi connectivity index (χ0v) is 11.9. The molecule has 2 atom stereocenters. The summed E-state index contributed by atoms with van der Waals surface area (Å²) in [5.74, 6) is 0.960. The van der Waals surface area contributed by atoms with E-state index in [1.807, 2.05) is 0 Å². The summed E-state index contributed by atoms with van der Waals surface area (Å²) in [5, 5.41) is 0. The summed E-state index contributed by atoms with van der Waals surface area (Å²) in [6.45, 7) is 10.7. The Bertz CT molecular complexity index is 300. The van der Waals surface area contributed by atoms with E-state index in [1.54, 1.807) is 19.8 Å². The quantitative estimate of drug-likeness (QED) is 0.515. The summed E-state index contributed by atoms with van der Waals surface area (Å²) in [7, 11) is 3.41. The Hall–Kier alpha value is -0.600. The maximum atomic E-state index is 5.34. The average molecular weight is 238 g/mol. The van der Waals surface area contributed by atoms with Gasteiger partial charge in [0, 0.05) is 26.1 Å². The molecule has 0 aromatic heterocycles. The fourth-order valence-electron chi connectivity index (χ4n) is 2.86. The van der Waals surface area contributed by atoms with E-state index < -0.39 is 0 Å². The van der Waals surface area contributed by atoms with Crippen LogP contribution < -0.4 is 0 Å². The van der Waals surface area contributed by atoms with Gasteiger partial charge in [-0.15, -0.1) is 0 Å². The van der Waals surface area contributed by atoms with Gasteiger partial charge in [-0.05, 0) is 33.1 Å². The predicted molar refractivity (Wildman–Crippen MR) is 71.8 cm³/mol. The van der Waals surface area contributed by atoms with Crippen molar-refractivity contribution in [2.45, 2.75) is 46.3 Å². The van der Waals surface area contributed by atoms with Gasteiger partial charge in [0.05, 0.1) is 0 Å². The van der Waals surface area contributed by atoms with Crippen molar-refractivity contribution in [2.75, 3.05) is 14.2 Å². The Balaban J connectivity index is 2.72. The fourth-order valence-corrected chi connectivity index (χ4v) is 2.86. The number of ether oxygens (including phenoxy) is 2. The highest BCUT2D eigenvalue weighted by Gasteiger charge is 2.27. The normalized spacial score (nSPS) is 22.4. The number of rotatable bonds is 6. The molecule has 0 aromatic rings. The van der Waals surface area contributed by atoms with Gasteiger partial charge in [0.1, 0.15) is 0 Å². The van der Waals surface area contributed by atoms with E-state index in [9.17, 15) is 0 Å². The second kappa shape index (κ2) is 6.36. The highest BCUT2D eigenvalue weighted by atomic mass is 16.7. The van der Waals surface area contributed by atoms with Gasteiger partial charge in [0.15, 0.2) is 6.29 Å². The molecule has 0 radical (unpaired) electrons. The van der Waals surface area contributed by atoms with Crippen LogP contribution in [0.25, 0.3) is 0 Å². The molecule has 0 aromatic carbocycles. The van der Waals surface area contributed by atoms with Crippen molar-refractivity contribution in [3.05, 3.63) is 23.3 Å². The summed E-state index contributed by atoms with van der Waals surface area (Å²) >= 11 is 0. The molecule has 0 N–H and O–H groups in total. The Kier molecular flexibility index (Phi) is 5.41. The molecule has 1 aliphatic carbocycles. The van der Waals surface area contributed by atoms with E-state index in [0.29, 0.717) is 11.8 Å². The molecule has 1 rings (SSSR count). The molecule has 0 fully saturated rings. The first-order chi connectivity index (χ1) is 8.01. The fraction of sp³-hybridized carbons (Fsp3) is 0.733. The molecule has 1 aliphatic rings. The third kappa shape index (κ3) is 3.43. The predicted octanol–water partition coefficient (Wildman–Crippen LogP) is 3.93. The summed E-state index contributed by atoms with van der Waals surface area (Å²) < 4.78 is 10.7. The maximum Gasteiger partial charge on any atom is 0.159 e. The Morgan fingerprint density at radius 3 is 2.47 bits per heavy atom. The monoisotopic (exact) mass is 238 g/mol. The van der Waals surface area contributed by atoms with Gasteiger partial charge in [-0.1, -0.05) is 30.2 Å². The minimum Gasteiger partial charge on any atom is -0.356 e. The second-order valence-electron chi connectivity index (χ2n) is 5.26. The van der Waals surface area contributed by atoms with Crippen LogP contribution in [0.1, 0.15) is 40.0 Å². The molecule has 0 amide bonds. The van der Waals surface area contributed by atoms with Gasteiger partial charge < -0.3 is 9.47 Å². The van der Waals surface area contributed by atoms with Crippen molar-refractivity contribution in [1.82, 2.24) is 0 Å². The Labute approximate surface area is 106 Å². The molecule has 2 unspecified atom stereocenters. The van der Waals surface area contributed by atoms with Crippen LogP contribution in [0.5, 0.6) is 0 Å². The van der Waals surface area contributed by atoms with Crippen molar-refractivity contribution in [3.8, 4) is 0 Å². The molecule has 2 heteroatoms. The van der Waals surface area contributed by atoms with Crippen LogP contribution in [-0.4, -0.2) is 20.5 Å². The van der Waals surface area contributed by atoms with Crippen molar-refractivity contribution >= 4 is 0 Å². The molecular formula is C15H26O2. The zero-order chi connectivity index (χ0) is 13.0. The molecule has 0 aliphatic heterocycles. The Morgan fingerprint density at radius 1 is 1.41 bits per heavy atom. The van der Waals surface area contributed by atoms with Crippen molar-refractivity contribution < 1.29 is 9.47 Å². The molecule has 0 spiro atoms. The van der Waals surface area contributed by atoms with Crippen molar-refractivity contribution in [2.24, 2.45) is 11.8 Å². The molecule has 98 valence electrons. The number of methoxy groups -OCH3 is 2. The third-order valence-corrected chi connectivity index (χ3v) is 3.84. The highest BCUT2D eigenvalue weighted by Crippen LogP contribution is 2.39. The van der Waals surface area contributed by atoms with Gasteiger partial charge in [0.2, 0.25) is 0 Å². The molecule has 0 heterocycles. The summed E-state index contributed by atoms with van der Waals surface area (Å²) in [4.78, 5) is 0. The van der Waals surface area contributed by atoms with Crippen LogP contribution in [0.15, 0.2) is 23.3 Å². The molecule has 17 heavy (non-hydrogen) atoms. The SMILES string of the molecule is C=C(C)C1CCC(C)=C1CC(C)C(OC)OC. The van der Waals surface area contributed by atoms with Gasteiger partial charge in [-0.3, -0.25) is 0 Å². The topological polar surface area (TPSA) is 18.5 Å². The highest BCUT2D eigenvalue weighted by molar-refractivity contribution is 5.28. The number of hydrogen-bond donors (Lipinski definition) is 0. The summed E-state index contributed by atoms with van der Waals surface area (Å²) in [6.07, 6.45) is 3.38. The van der Waals surface area contributed by atoms with Crippen LogP contribution in [-0.2, 0) is 9.47 Å². The van der Waals surface area contributed by atoms with Crippen LogP contribution in [0, 0.1) is 11.8 Å². The summed E-state index contributed by atoms with van der Waals surface area (Å²) in [6, 6.07) is 0. The minimum absolute atomic E-state index is 0.110. The van der Waals surface area contributed by atoms with Crippen LogP contribution >= 0.6 is 0 Å². The molecule has 2 nitrogen and oxygen atoms in total. The smallest absolute Gasteiger partial charge is 0.159 e. The molecular weight excluding hydrogens is 212 g/mol. The van der Waals surface area contributed by atoms with Gasteiger partial charge >= 0.3 is 0 Å². The maximum absolute atomic E-state index is 5.34. The van der Waals surface area contributed by atoms with Crippen LogP contribution in [0.4, 0.5) is 0 Å². The van der Waals surface area contributed by atoms with E-state index in [1.165, 1.54) is 24.0 Å². The lowest BCUT2D eigenvalue weighted by Crippen LogP contribution is -2.23. The number of allylic oxidation sites excluding steroid dienone is 3. The van der Waals surface area contributed by atoms with E-state index in [4.69, 9.17) is 9.47 Å². The lowest BCUT2D eigenvalue weighted by atomic mass is 9.87. The van der Waals surface area contributed by atoms with E-state index in [-0.39, 0.29) is 6.29 Å². The van der Waals surface area contributed by atoms with Gasteiger partial charge in [0.25, 0.3) is 0 Å². The first-order valence-corrected chi connectivity index (χ1v) is 6.40. The van der Waals surface area contributed by atoms with E-state index in [0.717, 1.165) is 6.42 Å². The first-order valence-electron chi connectivity index (χ1n) is 6.40. The lowest BCUT2D eigenvalue weighted by molar-refractivity contribution is -0.132. The van der Waals surface area contributed by atoms with Crippen LogP contribution in [0.3, 0.4) is 0 Å². The zero-order valence-electron chi connectivity index (χ0n) is 11.9. The first kappa shape index (κ1) is 14.5. The largest absolute Gasteiger partial charge is 0.356 e. The van der Waals surface area contributed by atoms with Gasteiger partial charge in [-0.25, -0.2) is 0 Å². The third-order valence-electron chi connectivity index (χ3n) is 3.84. The lowest BCUT2D eigenvalue weighted by Gasteiger charge is -2.24. The Morgan fingerprint density at radius 2 is 2.00 bits per heavy atom. The number of hydrogen-bond acceptors (Lipinski definition) is 2. The molecule has 0 bridgehead atoms. The molecule has 0 saturated carbocycles. The standard InChI is InChI=1S/C15H26O2/c1-10(2)13-8-7-11(3)14(13)9-12(4)15(16-5)17-6/h12-13,15H,1,7-9H2,2-6H3. The van der Waals surface area contributed by atoms with Crippen molar-refractivity contribution in [3.63, 3.8) is 0 Å². The van der Waals surface area contributed by atoms with Crippen molar-refractivity contribution in [1.29, 1.82) is 0 Å². The van der Waals surface area contributed by atoms with Gasteiger partial charge in [-0.2, -0.15) is 0 Å². The average Bonchev–Trinajstić information content (AvgIpc) is 2.62. The van der Waals surface area contributed by atoms with Crippen LogP contribution in [0.2, 0.25) is 0 Å². The molecule has 0 saturated heterocycles. The summed E-state index contributed by atoms with van der Waals surface area (Å²) in [5.41, 5.74) is 4.38. The van der Waals surface area contributed by atoms with E-state index >= 15 is 0 Å². The second-order valence-corrected chi connectivity index (χ2v) is 5.26. The van der Waals surface area contributed by atoms with E-state index in [2.05, 4.69) is 27.4 Å².